The SMILES string of the molecule is Cc1sc(-c2ccccc2)nc1C(O)=C1C(=O)C(=O)N(CCCN2CCOCC2)[C@@H]1c1ccco1. The highest BCUT2D eigenvalue weighted by Gasteiger charge is 2.47. The Kier molecular flexibility index (Phi) is 6.81. The van der Waals surface area contributed by atoms with E-state index in [4.69, 9.17) is 9.15 Å². The van der Waals surface area contributed by atoms with Gasteiger partial charge in [0, 0.05) is 36.6 Å². The van der Waals surface area contributed by atoms with E-state index < -0.39 is 17.7 Å². The lowest BCUT2D eigenvalue weighted by Gasteiger charge is -2.28. The molecule has 2 aromatic heterocycles. The molecule has 182 valence electrons. The maximum atomic E-state index is 13.2. The molecular weight excluding hydrogens is 466 g/mol. The van der Waals surface area contributed by atoms with E-state index in [1.165, 1.54) is 22.5 Å². The number of morpholine rings is 1. The number of rotatable bonds is 7. The topological polar surface area (TPSA) is 96.1 Å². The summed E-state index contributed by atoms with van der Waals surface area (Å²) in [5.74, 6) is -1.18. The molecule has 2 fully saturated rings. The van der Waals surface area contributed by atoms with Gasteiger partial charge in [0.15, 0.2) is 5.76 Å². The van der Waals surface area contributed by atoms with Gasteiger partial charge in [0.05, 0.1) is 25.1 Å². The van der Waals surface area contributed by atoms with Crippen molar-refractivity contribution in [2.45, 2.75) is 19.4 Å². The van der Waals surface area contributed by atoms with Crippen LogP contribution >= 0.6 is 11.3 Å². The monoisotopic (exact) mass is 493 g/mol. The number of amides is 1. The number of thiazole rings is 1. The molecule has 0 aliphatic carbocycles. The van der Waals surface area contributed by atoms with Gasteiger partial charge in [-0.1, -0.05) is 30.3 Å². The number of carbonyl (C=O) groups excluding carboxylic acids is 2. The molecular formula is C26H27N3O5S. The molecule has 2 aliphatic rings. The number of ether oxygens (including phenoxy) is 1. The highest BCUT2D eigenvalue weighted by molar-refractivity contribution is 7.15. The first kappa shape index (κ1) is 23.5. The molecule has 0 spiro atoms. The van der Waals surface area contributed by atoms with Gasteiger partial charge in [-0.25, -0.2) is 4.98 Å². The van der Waals surface area contributed by atoms with Crippen LogP contribution in [0.15, 0.2) is 58.7 Å². The normalized spacial score (nSPS) is 20.6. The molecule has 0 unspecified atom stereocenters. The van der Waals surface area contributed by atoms with Crippen LogP contribution in [0.4, 0.5) is 0 Å². The number of hydrogen-bond acceptors (Lipinski definition) is 8. The fraction of sp³-hybridized carbons (Fsp3) is 0.346. The molecule has 0 bridgehead atoms. The number of hydrogen-bond donors (Lipinski definition) is 1. The van der Waals surface area contributed by atoms with Gasteiger partial charge >= 0.3 is 0 Å². The lowest BCUT2D eigenvalue weighted by Crippen LogP contribution is -2.38. The van der Waals surface area contributed by atoms with Crippen molar-refractivity contribution in [2.24, 2.45) is 0 Å². The van der Waals surface area contributed by atoms with Crippen LogP contribution in [-0.2, 0) is 14.3 Å². The first-order valence-corrected chi connectivity index (χ1v) is 12.5. The molecule has 0 saturated carbocycles. The van der Waals surface area contributed by atoms with Crippen LogP contribution < -0.4 is 0 Å². The number of ketones is 1. The van der Waals surface area contributed by atoms with Crippen molar-refractivity contribution in [3.05, 3.63) is 70.6 Å². The standard InChI is InChI=1S/C26H27N3O5S/c1-17-21(27-25(35-17)18-7-3-2-4-8-18)23(30)20-22(19-9-5-14-34-19)29(26(32)24(20)31)11-6-10-28-12-15-33-16-13-28/h2-5,7-9,14,22,30H,6,10-13,15-16H2,1H3/t22-/m1/s1. The number of aromatic nitrogens is 1. The van der Waals surface area contributed by atoms with Gasteiger partial charge < -0.3 is 19.2 Å². The number of benzene rings is 1. The van der Waals surface area contributed by atoms with E-state index in [-0.39, 0.29) is 11.3 Å². The van der Waals surface area contributed by atoms with Crippen LogP contribution in [0.5, 0.6) is 0 Å². The smallest absolute Gasteiger partial charge is 0.295 e. The summed E-state index contributed by atoms with van der Waals surface area (Å²) >= 11 is 1.43. The van der Waals surface area contributed by atoms with E-state index in [0.717, 1.165) is 35.1 Å². The quantitative estimate of drug-likeness (QED) is 0.303. The van der Waals surface area contributed by atoms with E-state index in [1.54, 1.807) is 12.1 Å². The summed E-state index contributed by atoms with van der Waals surface area (Å²) < 4.78 is 11.0. The molecule has 0 radical (unpaired) electrons. The molecule has 1 N–H and O–H groups in total. The maximum Gasteiger partial charge on any atom is 0.295 e. The third-order valence-electron chi connectivity index (χ3n) is 6.37. The molecule has 35 heavy (non-hydrogen) atoms. The lowest BCUT2D eigenvalue weighted by atomic mass is 10.0. The summed E-state index contributed by atoms with van der Waals surface area (Å²) in [6.07, 6.45) is 2.20. The molecule has 1 atom stereocenters. The Labute approximate surface area is 207 Å². The predicted octanol–water partition coefficient (Wildman–Crippen LogP) is 3.86. The first-order valence-electron chi connectivity index (χ1n) is 11.7. The molecule has 8 nitrogen and oxygen atoms in total. The number of aryl methyl sites for hydroxylation is 1. The van der Waals surface area contributed by atoms with E-state index >= 15 is 0 Å². The third-order valence-corrected chi connectivity index (χ3v) is 7.39. The van der Waals surface area contributed by atoms with Crippen molar-refractivity contribution >= 4 is 28.8 Å². The minimum Gasteiger partial charge on any atom is -0.505 e. The average molecular weight is 494 g/mol. The largest absolute Gasteiger partial charge is 0.505 e. The molecule has 4 heterocycles. The second kappa shape index (κ2) is 10.2. The summed E-state index contributed by atoms with van der Waals surface area (Å²) in [6.45, 7) is 6.13. The number of aliphatic hydroxyl groups is 1. The summed E-state index contributed by atoms with van der Waals surface area (Å²) in [4.78, 5) is 35.5. The number of carbonyl (C=O) groups is 2. The Bertz CT molecular complexity index is 1230. The zero-order chi connectivity index (χ0) is 24.4. The molecule has 2 saturated heterocycles. The van der Waals surface area contributed by atoms with Crippen LogP contribution in [0.3, 0.4) is 0 Å². The van der Waals surface area contributed by atoms with Gasteiger partial charge in [-0.15, -0.1) is 11.3 Å². The van der Waals surface area contributed by atoms with Gasteiger partial charge in [-0.05, 0) is 25.5 Å². The van der Waals surface area contributed by atoms with Crippen molar-refractivity contribution in [3.8, 4) is 10.6 Å². The highest BCUT2D eigenvalue weighted by atomic mass is 32.1. The fourth-order valence-electron chi connectivity index (χ4n) is 4.59. The zero-order valence-corrected chi connectivity index (χ0v) is 20.3. The minimum atomic E-state index is -0.795. The van der Waals surface area contributed by atoms with Crippen LogP contribution in [0.25, 0.3) is 16.3 Å². The molecule has 9 heteroatoms. The second-order valence-corrected chi connectivity index (χ2v) is 9.81. The second-order valence-electron chi connectivity index (χ2n) is 8.61. The van der Waals surface area contributed by atoms with Crippen molar-refractivity contribution in [3.63, 3.8) is 0 Å². The van der Waals surface area contributed by atoms with Gasteiger partial charge in [-0.2, -0.15) is 0 Å². The van der Waals surface area contributed by atoms with Crippen molar-refractivity contribution < 1.29 is 23.8 Å². The molecule has 1 amide bonds. The van der Waals surface area contributed by atoms with Gasteiger partial charge in [0.1, 0.15) is 22.5 Å². The molecule has 3 aromatic rings. The van der Waals surface area contributed by atoms with Crippen LogP contribution in [0, 0.1) is 6.92 Å². The van der Waals surface area contributed by atoms with Crippen molar-refractivity contribution in [1.82, 2.24) is 14.8 Å². The molecule has 2 aliphatic heterocycles. The summed E-state index contributed by atoms with van der Waals surface area (Å²) in [5, 5.41) is 12.1. The van der Waals surface area contributed by atoms with E-state index in [1.807, 2.05) is 37.3 Å². The summed E-state index contributed by atoms with van der Waals surface area (Å²) in [5.41, 5.74) is 1.26. The number of furan rings is 1. The van der Waals surface area contributed by atoms with Gasteiger partial charge in [-0.3, -0.25) is 14.5 Å². The molecule has 1 aromatic carbocycles. The van der Waals surface area contributed by atoms with Crippen molar-refractivity contribution in [2.75, 3.05) is 39.4 Å². The number of likely N-dealkylation sites (tertiary alicyclic amines) is 1. The molecule has 5 rings (SSSR count). The van der Waals surface area contributed by atoms with Gasteiger partial charge in [0.25, 0.3) is 11.7 Å². The Hall–Kier alpha value is -3.27. The van der Waals surface area contributed by atoms with E-state index in [0.29, 0.717) is 37.6 Å². The fourth-order valence-corrected chi connectivity index (χ4v) is 5.51. The Morgan fingerprint density at radius 2 is 1.89 bits per heavy atom. The van der Waals surface area contributed by atoms with Crippen LogP contribution in [-0.4, -0.2) is 71.0 Å². The Balaban J connectivity index is 1.47. The maximum absolute atomic E-state index is 13.2. The number of nitrogens with zero attached hydrogens (tertiary/aromatic N) is 3. The summed E-state index contributed by atoms with van der Waals surface area (Å²) in [6, 6.07) is 12.3. The number of aliphatic hydroxyl groups excluding tert-OH is 1. The van der Waals surface area contributed by atoms with E-state index in [9.17, 15) is 14.7 Å². The Morgan fingerprint density at radius 3 is 2.60 bits per heavy atom. The van der Waals surface area contributed by atoms with Crippen molar-refractivity contribution in [1.29, 1.82) is 0 Å². The van der Waals surface area contributed by atoms with E-state index in [2.05, 4.69) is 9.88 Å². The van der Waals surface area contributed by atoms with Crippen LogP contribution in [0.1, 0.15) is 28.8 Å². The number of Topliss-reactive ketones (excluding diaryl/α,β-unsaturated/α-hetero) is 1. The van der Waals surface area contributed by atoms with Crippen LogP contribution in [0.2, 0.25) is 0 Å². The predicted molar refractivity (Wildman–Crippen MR) is 132 cm³/mol. The summed E-state index contributed by atoms with van der Waals surface area (Å²) in [7, 11) is 0. The lowest BCUT2D eigenvalue weighted by molar-refractivity contribution is -0.140. The average Bonchev–Trinajstić information content (AvgIpc) is 3.60. The third kappa shape index (κ3) is 4.67. The first-order chi connectivity index (χ1) is 17.0. The minimum absolute atomic E-state index is 0.0179. The highest BCUT2D eigenvalue weighted by Crippen LogP contribution is 2.41. The Morgan fingerprint density at radius 1 is 1.11 bits per heavy atom. The zero-order valence-electron chi connectivity index (χ0n) is 19.5. The van der Waals surface area contributed by atoms with Gasteiger partial charge in [0.2, 0.25) is 0 Å².